The molecule has 130 valence electrons. The lowest BCUT2D eigenvalue weighted by atomic mass is 10.1. The molecule has 0 atom stereocenters. The Kier molecular flexibility index (Phi) is 5.01. The first-order chi connectivity index (χ1) is 11.8. The molecule has 5 nitrogen and oxygen atoms in total. The molecule has 0 bridgehead atoms. The Morgan fingerprint density at radius 1 is 1.28 bits per heavy atom. The molecular weight excluding hydrogens is 408 g/mol. The molecule has 0 fully saturated rings. The van der Waals surface area contributed by atoms with Gasteiger partial charge in [-0.2, -0.15) is 0 Å². The maximum Gasteiger partial charge on any atom is 0.283 e. The van der Waals surface area contributed by atoms with Crippen LogP contribution in [0.2, 0.25) is 5.02 Å². The normalized spacial score (nSPS) is 15.8. The third-order valence-electron chi connectivity index (χ3n) is 3.58. The second-order valence-electron chi connectivity index (χ2n) is 6.06. The summed E-state index contributed by atoms with van der Waals surface area (Å²) < 4.78 is 12.4. The van der Waals surface area contributed by atoms with E-state index in [0.717, 1.165) is 10.0 Å². The van der Waals surface area contributed by atoms with Crippen LogP contribution in [0.1, 0.15) is 19.4 Å². The Morgan fingerprint density at radius 2 is 2.08 bits per heavy atom. The fraction of sp³-hybridized carbons (Fsp3) is 0.222. The van der Waals surface area contributed by atoms with Crippen LogP contribution in [0, 0.1) is 0 Å². The number of amides is 1. The number of hydrogen-bond acceptors (Lipinski definition) is 4. The number of hydrogen-bond donors (Lipinski definition) is 1. The molecule has 0 aromatic heterocycles. The number of ether oxygens (including phenoxy) is 2. The second kappa shape index (κ2) is 7.06. The number of benzene rings is 2. The van der Waals surface area contributed by atoms with Gasteiger partial charge in [0.05, 0.1) is 11.4 Å². The molecule has 0 aliphatic carbocycles. The summed E-state index contributed by atoms with van der Waals surface area (Å²) in [5.74, 6) is 1.37. The highest BCUT2D eigenvalue weighted by molar-refractivity contribution is 9.10. The number of nitrogens with zero attached hydrogens (tertiary/aromatic N) is 1. The Labute approximate surface area is 159 Å². The van der Waals surface area contributed by atoms with Crippen LogP contribution in [0.25, 0.3) is 0 Å². The number of nitrogens with one attached hydrogen (secondary N) is 1. The molecule has 0 spiro atoms. The predicted octanol–water partition coefficient (Wildman–Crippen LogP) is 4.68. The minimum absolute atomic E-state index is 0.272. The molecular formula is C18H16BrClN2O3. The van der Waals surface area contributed by atoms with Crippen molar-refractivity contribution in [1.82, 2.24) is 5.43 Å². The van der Waals surface area contributed by atoms with Gasteiger partial charge in [-0.1, -0.05) is 39.7 Å². The Hall–Kier alpha value is -2.05. The number of carbonyl (C=O) groups excluding carboxylic acids is 1. The lowest BCUT2D eigenvalue weighted by Gasteiger charge is -2.28. The summed E-state index contributed by atoms with van der Waals surface area (Å²) in [7, 11) is 0. The number of rotatable bonds is 4. The molecule has 1 aliphatic rings. The molecule has 1 aliphatic heterocycles. The predicted molar refractivity (Wildman–Crippen MR) is 100 cm³/mol. The zero-order chi connectivity index (χ0) is 18.0. The molecule has 0 radical (unpaired) electrons. The molecule has 0 saturated heterocycles. The summed E-state index contributed by atoms with van der Waals surface area (Å²) in [6.07, 6.45) is 0.412. The summed E-state index contributed by atoms with van der Waals surface area (Å²) in [4.78, 5) is 11.7. The van der Waals surface area contributed by atoms with Gasteiger partial charge in [-0.3, -0.25) is 4.79 Å². The SMILES string of the molecule is CC1(C)OC(Cc2ccc(Cl)c(Oc3cccc(Br)c3)c2)=NNC1=O. The topological polar surface area (TPSA) is 59.9 Å². The Morgan fingerprint density at radius 3 is 2.80 bits per heavy atom. The fourth-order valence-corrected chi connectivity index (χ4v) is 2.79. The molecule has 7 heteroatoms. The van der Waals surface area contributed by atoms with Crippen molar-refractivity contribution in [3.63, 3.8) is 0 Å². The van der Waals surface area contributed by atoms with E-state index in [4.69, 9.17) is 21.1 Å². The van der Waals surface area contributed by atoms with Crippen molar-refractivity contribution in [1.29, 1.82) is 0 Å². The summed E-state index contributed by atoms with van der Waals surface area (Å²) in [6, 6.07) is 13.0. The first kappa shape index (κ1) is 17.8. The van der Waals surface area contributed by atoms with Crippen LogP contribution in [0.3, 0.4) is 0 Å². The summed E-state index contributed by atoms with van der Waals surface area (Å²) in [5, 5.41) is 4.47. The molecule has 0 unspecified atom stereocenters. The first-order valence-electron chi connectivity index (χ1n) is 7.61. The monoisotopic (exact) mass is 422 g/mol. The van der Waals surface area contributed by atoms with Gasteiger partial charge in [0.1, 0.15) is 11.5 Å². The van der Waals surface area contributed by atoms with Crippen LogP contribution in [-0.4, -0.2) is 17.4 Å². The van der Waals surface area contributed by atoms with Gasteiger partial charge in [0, 0.05) is 4.47 Å². The largest absolute Gasteiger partial charge is 0.463 e. The van der Waals surface area contributed by atoms with Gasteiger partial charge in [0.25, 0.3) is 5.91 Å². The summed E-state index contributed by atoms with van der Waals surface area (Å²) >= 11 is 9.65. The van der Waals surface area contributed by atoms with Gasteiger partial charge in [0.2, 0.25) is 5.90 Å². The van der Waals surface area contributed by atoms with Gasteiger partial charge in [-0.15, -0.1) is 5.10 Å². The fourth-order valence-electron chi connectivity index (χ4n) is 2.26. The maximum absolute atomic E-state index is 11.7. The van der Waals surface area contributed by atoms with Crippen molar-refractivity contribution in [3.8, 4) is 11.5 Å². The smallest absolute Gasteiger partial charge is 0.283 e. The van der Waals surface area contributed by atoms with Gasteiger partial charge in [0.15, 0.2) is 5.60 Å². The molecule has 2 aromatic rings. The Bertz CT molecular complexity index is 852. The maximum atomic E-state index is 11.7. The van der Waals surface area contributed by atoms with Gasteiger partial charge < -0.3 is 9.47 Å². The van der Waals surface area contributed by atoms with E-state index in [-0.39, 0.29) is 5.91 Å². The third kappa shape index (κ3) is 4.32. The summed E-state index contributed by atoms with van der Waals surface area (Å²) in [6.45, 7) is 3.39. The van der Waals surface area contributed by atoms with Crippen molar-refractivity contribution in [2.45, 2.75) is 25.9 Å². The zero-order valence-electron chi connectivity index (χ0n) is 13.7. The minimum Gasteiger partial charge on any atom is -0.463 e. The second-order valence-corrected chi connectivity index (χ2v) is 7.38. The Balaban J connectivity index is 1.79. The van der Waals surface area contributed by atoms with E-state index in [9.17, 15) is 4.79 Å². The molecule has 1 N–H and O–H groups in total. The molecule has 1 amide bonds. The molecule has 0 saturated carbocycles. The van der Waals surface area contributed by atoms with E-state index >= 15 is 0 Å². The quantitative estimate of drug-likeness (QED) is 0.777. The van der Waals surface area contributed by atoms with E-state index in [2.05, 4.69) is 26.5 Å². The number of halogens is 2. The lowest BCUT2D eigenvalue weighted by Crippen LogP contribution is -2.48. The first-order valence-corrected chi connectivity index (χ1v) is 8.78. The van der Waals surface area contributed by atoms with Crippen molar-refractivity contribution in [2.75, 3.05) is 0 Å². The van der Waals surface area contributed by atoms with Gasteiger partial charge in [-0.25, -0.2) is 5.43 Å². The van der Waals surface area contributed by atoms with E-state index in [1.165, 1.54) is 0 Å². The van der Waals surface area contributed by atoms with Crippen LogP contribution in [0.5, 0.6) is 11.5 Å². The van der Waals surface area contributed by atoms with Gasteiger partial charge >= 0.3 is 0 Å². The third-order valence-corrected chi connectivity index (χ3v) is 4.38. The highest BCUT2D eigenvalue weighted by Crippen LogP contribution is 2.32. The standard InChI is InChI=1S/C18H16BrClN2O3/c1-18(2)17(23)22-21-16(25-18)9-11-6-7-14(20)15(8-11)24-13-5-3-4-12(19)10-13/h3-8,10H,9H2,1-2H3,(H,22,23). The molecule has 2 aromatic carbocycles. The van der Waals surface area contributed by atoms with Crippen LogP contribution in [-0.2, 0) is 16.0 Å². The average Bonchev–Trinajstić information content (AvgIpc) is 2.54. The zero-order valence-corrected chi connectivity index (χ0v) is 16.0. The van der Waals surface area contributed by atoms with Crippen LogP contribution in [0.15, 0.2) is 52.0 Å². The molecule has 1 heterocycles. The van der Waals surface area contributed by atoms with Crippen molar-refractivity contribution < 1.29 is 14.3 Å². The average molecular weight is 424 g/mol. The minimum atomic E-state index is -0.945. The van der Waals surface area contributed by atoms with E-state index < -0.39 is 5.60 Å². The summed E-state index contributed by atoms with van der Waals surface area (Å²) in [5.41, 5.74) is 2.43. The van der Waals surface area contributed by atoms with Crippen molar-refractivity contribution in [2.24, 2.45) is 5.10 Å². The highest BCUT2D eigenvalue weighted by Gasteiger charge is 2.34. The van der Waals surface area contributed by atoms with Crippen LogP contribution < -0.4 is 10.2 Å². The molecule has 3 rings (SSSR count). The van der Waals surface area contributed by atoms with Crippen molar-refractivity contribution >= 4 is 39.3 Å². The van der Waals surface area contributed by atoms with Gasteiger partial charge in [-0.05, 0) is 49.7 Å². The van der Waals surface area contributed by atoms with E-state index in [0.29, 0.717) is 28.8 Å². The van der Waals surface area contributed by atoms with Crippen LogP contribution >= 0.6 is 27.5 Å². The molecule has 25 heavy (non-hydrogen) atoms. The van der Waals surface area contributed by atoms with Crippen molar-refractivity contribution in [3.05, 3.63) is 57.5 Å². The van der Waals surface area contributed by atoms with E-state index in [1.54, 1.807) is 19.9 Å². The van der Waals surface area contributed by atoms with E-state index in [1.807, 2.05) is 36.4 Å². The highest BCUT2D eigenvalue weighted by atomic mass is 79.9. The lowest BCUT2D eigenvalue weighted by molar-refractivity contribution is -0.137. The van der Waals surface area contributed by atoms with Crippen LogP contribution in [0.4, 0.5) is 0 Å². The number of hydrazone groups is 1. The number of carbonyl (C=O) groups is 1.